The normalized spacial score (nSPS) is 22.8. The molecule has 0 bridgehead atoms. The summed E-state index contributed by atoms with van der Waals surface area (Å²) < 4.78 is 27.1. The molecule has 0 radical (unpaired) electrons. The van der Waals surface area contributed by atoms with Gasteiger partial charge in [-0.2, -0.15) is 12.7 Å². The van der Waals surface area contributed by atoms with Crippen LogP contribution < -0.4 is 4.72 Å². The van der Waals surface area contributed by atoms with Gasteiger partial charge in [0.1, 0.15) is 6.04 Å². The van der Waals surface area contributed by atoms with Crippen molar-refractivity contribution in [1.29, 1.82) is 0 Å². The second-order valence-corrected chi connectivity index (χ2v) is 6.06. The fraction of sp³-hybridized carbons (Fsp3) is 0.889. The zero-order valence-corrected chi connectivity index (χ0v) is 10.3. The van der Waals surface area contributed by atoms with Gasteiger partial charge in [-0.05, 0) is 18.8 Å². The minimum Gasteiger partial charge on any atom is -0.480 e. The number of hydrogen-bond donors (Lipinski definition) is 2. The maximum atomic E-state index is 11.8. The van der Waals surface area contributed by atoms with Crippen molar-refractivity contribution in [3.8, 4) is 0 Å². The number of nitrogens with zero attached hydrogens (tertiary/aromatic N) is 1. The van der Waals surface area contributed by atoms with Gasteiger partial charge in [-0.25, -0.2) is 4.72 Å². The van der Waals surface area contributed by atoms with E-state index in [1.165, 1.54) is 0 Å². The topological polar surface area (TPSA) is 86.7 Å². The Kier molecular flexibility index (Phi) is 4.28. The molecule has 7 heteroatoms. The highest BCUT2D eigenvalue weighted by Gasteiger charge is 2.38. The molecule has 2 N–H and O–H groups in total. The van der Waals surface area contributed by atoms with E-state index < -0.39 is 22.2 Å². The molecule has 1 saturated heterocycles. The summed E-state index contributed by atoms with van der Waals surface area (Å²) in [5.74, 6) is -0.881. The molecule has 0 amide bonds. The van der Waals surface area contributed by atoms with Crippen LogP contribution in [-0.4, -0.2) is 42.9 Å². The summed E-state index contributed by atoms with van der Waals surface area (Å²) in [5.41, 5.74) is 0. The Bertz CT molecular complexity index is 353. The molecule has 0 aromatic carbocycles. The van der Waals surface area contributed by atoms with Gasteiger partial charge in [-0.15, -0.1) is 0 Å². The van der Waals surface area contributed by atoms with Crippen LogP contribution >= 0.6 is 0 Å². The highest BCUT2D eigenvalue weighted by Crippen LogP contribution is 2.20. The third-order valence-electron chi connectivity index (χ3n) is 2.47. The van der Waals surface area contributed by atoms with Crippen molar-refractivity contribution in [1.82, 2.24) is 9.03 Å². The smallest absolute Gasteiger partial charge is 0.322 e. The van der Waals surface area contributed by atoms with Gasteiger partial charge in [-0.3, -0.25) is 4.79 Å². The summed E-state index contributed by atoms with van der Waals surface area (Å²) in [6.07, 6.45) is 0.984. The first-order valence-electron chi connectivity index (χ1n) is 5.34. The number of aliphatic carboxylic acids is 1. The number of carboxylic acid groups (broad SMARTS) is 1. The molecule has 6 nitrogen and oxygen atoms in total. The summed E-state index contributed by atoms with van der Waals surface area (Å²) in [5, 5.41) is 8.89. The zero-order chi connectivity index (χ0) is 12.3. The van der Waals surface area contributed by atoms with Crippen LogP contribution in [-0.2, 0) is 15.0 Å². The van der Waals surface area contributed by atoms with Crippen molar-refractivity contribution < 1.29 is 18.3 Å². The SMILES string of the molecule is CC(C)CNS(=O)(=O)N1CCC[C@@H]1C(=O)O. The van der Waals surface area contributed by atoms with E-state index in [2.05, 4.69) is 4.72 Å². The lowest BCUT2D eigenvalue weighted by Crippen LogP contribution is -2.47. The van der Waals surface area contributed by atoms with Crippen LogP contribution in [0, 0.1) is 5.92 Å². The van der Waals surface area contributed by atoms with E-state index in [9.17, 15) is 13.2 Å². The summed E-state index contributed by atoms with van der Waals surface area (Å²) in [7, 11) is -3.65. The summed E-state index contributed by atoms with van der Waals surface area (Å²) in [6, 6.07) is -0.912. The third-order valence-corrected chi connectivity index (χ3v) is 4.06. The molecule has 0 saturated carbocycles. The Labute approximate surface area is 95.8 Å². The maximum Gasteiger partial charge on any atom is 0.322 e. The summed E-state index contributed by atoms with van der Waals surface area (Å²) in [4.78, 5) is 10.9. The Morgan fingerprint density at radius 3 is 2.69 bits per heavy atom. The highest BCUT2D eigenvalue weighted by atomic mass is 32.2. The predicted molar refractivity (Wildman–Crippen MR) is 59.1 cm³/mol. The molecule has 1 aliphatic rings. The van der Waals surface area contributed by atoms with Crippen molar-refractivity contribution in [2.75, 3.05) is 13.1 Å². The van der Waals surface area contributed by atoms with E-state index in [-0.39, 0.29) is 12.5 Å². The van der Waals surface area contributed by atoms with Gasteiger partial charge in [-0.1, -0.05) is 13.8 Å². The standard InChI is InChI=1S/C9H18N2O4S/c1-7(2)6-10-16(14,15)11-5-3-4-8(11)9(12)13/h7-8,10H,3-6H2,1-2H3,(H,12,13)/t8-/m1/s1. The second-order valence-electron chi connectivity index (χ2n) is 4.35. The van der Waals surface area contributed by atoms with Crippen LogP contribution in [0.1, 0.15) is 26.7 Å². The second kappa shape index (κ2) is 5.11. The fourth-order valence-corrected chi connectivity index (χ4v) is 3.24. The van der Waals surface area contributed by atoms with Gasteiger partial charge in [0.15, 0.2) is 0 Å². The maximum absolute atomic E-state index is 11.8. The number of rotatable bonds is 5. The Hall–Kier alpha value is -0.660. The van der Waals surface area contributed by atoms with E-state index in [4.69, 9.17) is 5.11 Å². The van der Waals surface area contributed by atoms with Gasteiger partial charge in [0, 0.05) is 13.1 Å². The van der Waals surface area contributed by atoms with Gasteiger partial charge in [0.25, 0.3) is 10.2 Å². The molecular formula is C9H18N2O4S. The molecule has 1 rings (SSSR count). The molecule has 1 heterocycles. The summed E-state index contributed by atoms with van der Waals surface area (Å²) in [6.45, 7) is 4.39. The van der Waals surface area contributed by atoms with Gasteiger partial charge < -0.3 is 5.11 Å². The lowest BCUT2D eigenvalue weighted by atomic mass is 10.2. The van der Waals surface area contributed by atoms with Crippen molar-refractivity contribution in [3.63, 3.8) is 0 Å². The minimum atomic E-state index is -3.65. The molecule has 0 unspecified atom stereocenters. The summed E-state index contributed by atoms with van der Waals surface area (Å²) >= 11 is 0. The van der Waals surface area contributed by atoms with Gasteiger partial charge in [0.2, 0.25) is 0 Å². The number of carbonyl (C=O) groups is 1. The lowest BCUT2D eigenvalue weighted by molar-refractivity contribution is -0.140. The van der Waals surface area contributed by atoms with Crippen LogP contribution in [0.4, 0.5) is 0 Å². The number of nitrogens with one attached hydrogen (secondary N) is 1. The van der Waals surface area contributed by atoms with E-state index in [1.807, 2.05) is 13.8 Å². The van der Waals surface area contributed by atoms with E-state index in [0.717, 1.165) is 4.31 Å². The average Bonchev–Trinajstić information content (AvgIpc) is 2.63. The molecular weight excluding hydrogens is 232 g/mol. The highest BCUT2D eigenvalue weighted by molar-refractivity contribution is 7.87. The number of hydrogen-bond acceptors (Lipinski definition) is 3. The molecule has 16 heavy (non-hydrogen) atoms. The number of carboxylic acids is 1. The molecule has 1 atom stereocenters. The molecule has 0 spiro atoms. The van der Waals surface area contributed by atoms with Crippen molar-refractivity contribution >= 4 is 16.2 Å². The first-order chi connectivity index (χ1) is 7.34. The zero-order valence-electron chi connectivity index (χ0n) is 9.51. The Balaban J connectivity index is 2.71. The van der Waals surface area contributed by atoms with E-state index in [1.54, 1.807) is 0 Å². The van der Waals surface area contributed by atoms with Crippen molar-refractivity contribution in [2.24, 2.45) is 5.92 Å². The largest absolute Gasteiger partial charge is 0.480 e. The Morgan fingerprint density at radius 2 is 2.19 bits per heavy atom. The Morgan fingerprint density at radius 1 is 1.56 bits per heavy atom. The average molecular weight is 250 g/mol. The molecule has 1 aliphatic heterocycles. The van der Waals surface area contributed by atoms with Gasteiger partial charge >= 0.3 is 5.97 Å². The minimum absolute atomic E-state index is 0.195. The van der Waals surface area contributed by atoms with Crippen LogP contribution in [0.5, 0.6) is 0 Å². The molecule has 1 fully saturated rings. The van der Waals surface area contributed by atoms with E-state index >= 15 is 0 Å². The van der Waals surface area contributed by atoms with Gasteiger partial charge in [0.05, 0.1) is 0 Å². The first-order valence-corrected chi connectivity index (χ1v) is 6.78. The molecule has 0 aromatic heterocycles. The van der Waals surface area contributed by atoms with Crippen LogP contribution in [0.15, 0.2) is 0 Å². The monoisotopic (exact) mass is 250 g/mol. The fourth-order valence-electron chi connectivity index (χ4n) is 1.63. The molecule has 0 aliphatic carbocycles. The third kappa shape index (κ3) is 3.16. The predicted octanol–water partition coefficient (Wildman–Crippen LogP) is 0.0258. The van der Waals surface area contributed by atoms with Crippen LogP contribution in [0.3, 0.4) is 0 Å². The van der Waals surface area contributed by atoms with Crippen molar-refractivity contribution in [3.05, 3.63) is 0 Å². The van der Waals surface area contributed by atoms with E-state index in [0.29, 0.717) is 19.4 Å². The van der Waals surface area contributed by atoms with Crippen LogP contribution in [0.25, 0.3) is 0 Å². The molecule has 0 aromatic rings. The first kappa shape index (κ1) is 13.4. The van der Waals surface area contributed by atoms with Crippen molar-refractivity contribution in [2.45, 2.75) is 32.7 Å². The molecule has 94 valence electrons. The lowest BCUT2D eigenvalue weighted by Gasteiger charge is -2.21. The van der Waals surface area contributed by atoms with Crippen LogP contribution in [0.2, 0.25) is 0 Å². The quantitative estimate of drug-likeness (QED) is 0.720.